The second-order valence-electron chi connectivity index (χ2n) is 14.4. The van der Waals surface area contributed by atoms with Gasteiger partial charge < -0.3 is 21.7 Å². The molecule has 0 aliphatic heterocycles. The third-order valence-corrected chi connectivity index (χ3v) is 10.5. The lowest BCUT2D eigenvalue weighted by atomic mass is 10.0. The molecule has 0 saturated carbocycles. The predicted octanol–water partition coefficient (Wildman–Crippen LogP) is 12.0. The number of hydrogen-bond acceptors (Lipinski definition) is 8. The van der Waals surface area contributed by atoms with Gasteiger partial charge in [0.1, 0.15) is 23.3 Å². The minimum atomic E-state index is -0.570. The standard InChI is InChI=1S/C22H19ClF2N4O.C16H13ClF2N2O.C6H7ClN2.CH4.ClH/c1-11-9-12(2)27-22(26-11)29-19-8-5-14-15(4-7-18(25)20(14)19)21(30)28-13-3-6-17(24)16(23)10-13;17-11-7-8(1-4-12(11)18)21-16(22)10-2-5-13(19)15-9(10)3-6-14(15)20;1-4-3-5(2)9-6(7)8-4;;/h3-4,6-7,9-10,19H,5,8H2,1-2H3,(H,28,30)(H,26,27,29);1-2,4-5,7,14H,3,6,20H2,(H,21,22);3H,1-2H3;1H4;1H/t19-;14-;;;/m00.../s1. The third-order valence-electron chi connectivity index (χ3n) is 9.80. The van der Waals surface area contributed by atoms with Crippen LogP contribution in [0, 0.1) is 51.0 Å². The molecule has 8 rings (SSSR count). The van der Waals surface area contributed by atoms with E-state index in [0.29, 0.717) is 81.7 Å². The lowest BCUT2D eigenvalue weighted by molar-refractivity contribution is 0.101. The summed E-state index contributed by atoms with van der Waals surface area (Å²) in [6, 6.07) is 16.3. The second-order valence-corrected chi connectivity index (χ2v) is 15.6. The zero-order chi connectivity index (χ0) is 44.1. The Bertz CT molecular complexity index is 2590. The molecule has 63 heavy (non-hydrogen) atoms. The van der Waals surface area contributed by atoms with Gasteiger partial charge >= 0.3 is 0 Å². The Kier molecular flexibility index (Phi) is 17.4. The Balaban J connectivity index is 0.000000231. The second kappa shape index (κ2) is 21.8. The maximum Gasteiger partial charge on any atom is 0.255 e. The lowest BCUT2D eigenvalue weighted by Gasteiger charge is -2.16. The summed E-state index contributed by atoms with van der Waals surface area (Å²) in [5, 5.41) is 8.69. The van der Waals surface area contributed by atoms with Crippen molar-refractivity contribution in [3.63, 3.8) is 0 Å². The SMILES string of the molecule is C.Cc1cc(C)nc(Cl)n1.Cc1cc(C)nc(N[C@H]2CCc3c(C(=O)Nc4ccc(F)c(Cl)c4)ccc(F)c32)n1.Cl.N[C@H]1CCc2c(C(=O)Nc3ccc(F)c(Cl)c3)ccc(F)c21. The fourth-order valence-corrected chi connectivity index (χ4v) is 7.84. The van der Waals surface area contributed by atoms with Gasteiger partial charge in [-0.25, -0.2) is 37.5 Å². The molecule has 0 bridgehead atoms. The van der Waals surface area contributed by atoms with Crippen molar-refractivity contribution in [2.75, 3.05) is 16.0 Å². The number of anilines is 3. The molecule has 2 heterocycles. The maximum absolute atomic E-state index is 14.7. The number of nitrogens with two attached hydrogens (primary N) is 1. The molecule has 0 spiro atoms. The van der Waals surface area contributed by atoms with Gasteiger partial charge in [0.2, 0.25) is 11.2 Å². The summed E-state index contributed by atoms with van der Waals surface area (Å²) in [6.45, 7) is 7.52. The molecule has 2 atom stereocenters. The molecule has 0 radical (unpaired) electrons. The summed E-state index contributed by atoms with van der Waals surface area (Å²) in [4.78, 5) is 41.7. The first kappa shape index (κ1) is 50.3. The van der Waals surface area contributed by atoms with Gasteiger partial charge in [-0.05, 0) is 149 Å². The normalized spacial score (nSPS) is 14.3. The number of aryl methyl sites for hydroxylation is 4. The molecule has 4 aromatic carbocycles. The van der Waals surface area contributed by atoms with Gasteiger partial charge in [-0.1, -0.05) is 30.6 Å². The van der Waals surface area contributed by atoms with Crippen LogP contribution in [0.2, 0.25) is 15.3 Å². The number of carbonyl (C=O) groups excluding carboxylic acids is 2. The number of halogens is 8. The Labute approximate surface area is 383 Å². The molecule has 10 nitrogen and oxygen atoms in total. The largest absolute Gasteiger partial charge is 0.347 e. The number of nitrogens with one attached hydrogen (secondary N) is 3. The monoisotopic (exact) mass is 944 g/mol. The predicted molar refractivity (Wildman–Crippen MR) is 243 cm³/mol. The highest BCUT2D eigenvalue weighted by Gasteiger charge is 2.31. The van der Waals surface area contributed by atoms with Crippen molar-refractivity contribution in [2.45, 2.75) is 72.9 Å². The van der Waals surface area contributed by atoms with Gasteiger partial charge in [0.25, 0.3) is 11.8 Å². The van der Waals surface area contributed by atoms with Crippen LogP contribution >= 0.6 is 47.2 Å². The first-order valence-corrected chi connectivity index (χ1v) is 20.1. The summed E-state index contributed by atoms with van der Waals surface area (Å²) in [7, 11) is 0. The minimum absolute atomic E-state index is 0. The fourth-order valence-electron chi connectivity index (χ4n) is 7.21. The Morgan fingerprint density at radius 3 is 1.48 bits per heavy atom. The van der Waals surface area contributed by atoms with E-state index in [-0.39, 0.29) is 53.6 Å². The number of amides is 2. The van der Waals surface area contributed by atoms with E-state index in [4.69, 9.17) is 40.5 Å². The Morgan fingerprint density at radius 1 is 0.603 bits per heavy atom. The molecule has 0 unspecified atom stereocenters. The van der Waals surface area contributed by atoms with E-state index in [1.165, 1.54) is 60.7 Å². The Morgan fingerprint density at radius 2 is 1.02 bits per heavy atom. The van der Waals surface area contributed by atoms with Crippen molar-refractivity contribution < 1.29 is 27.2 Å². The summed E-state index contributed by atoms with van der Waals surface area (Å²) in [5.41, 5.74) is 12.9. The lowest BCUT2D eigenvalue weighted by Crippen LogP contribution is -2.16. The number of benzene rings is 4. The van der Waals surface area contributed by atoms with Crippen LogP contribution in [0.5, 0.6) is 0 Å². The highest BCUT2D eigenvalue weighted by molar-refractivity contribution is 6.31. The molecule has 332 valence electrons. The third kappa shape index (κ3) is 12.4. The number of nitrogens with zero attached hydrogens (tertiary/aromatic N) is 4. The molecule has 18 heteroatoms. The van der Waals surface area contributed by atoms with E-state index in [9.17, 15) is 27.2 Å². The van der Waals surface area contributed by atoms with Crippen LogP contribution in [-0.2, 0) is 12.8 Å². The average Bonchev–Trinajstić information content (AvgIpc) is 3.79. The van der Waals surface area contributed by atoms with Gasteiger partial charge in [-0.3, -0.25) is 9.59 Å². The van der Waals surface area contributed by atoms with Crippen molar-refractivity contribution in [1.29, 1.82) is 0 Å². The van der Waals surface area contributed by atoms with Crippen LogP contribution < -0.4 is 21.7 Å². The molecule has 5 N–H and O–H groups in total. The van der Waals surface area contributed by atoms with Crippen LogP contribution in [0.3, 0.4) is 0 Å². The van der Waals surface area contributed by atoms with Crippen LogP contribution in [0.1, 0.15) is 98.1 Å². The van der Waals surface area contributed by atoms with Gasteiger partial charge in [0.05, 0.1) is 16.1 Å². The summed E-state index contributed by atoms with van der Waals surface area (Å²) >= 11 is 17.0. The molecular formula is C45H44Cl4F4N8O2. The van der Waals surface area contributed by atoms with E-state index in [1.807, 2.05) is 39.8 Å². The molecule has 6 aromatic rings. The number of fused-ring (bicyclic) bond motifs is 2. The number of hydrogen-bond donors (Lipinski definition) is 4. The van der Waals surface area contributed by atoms with Gasteiger partial charge in [0, 0.05) is 62.4 Å². The molecule has 2 amide bonds. The highest BCUT2D eigenvalue weighted by atomic mass is 35.5. The quantitative estimate of drug-likeness (QED) is 0.0953. The molecule has 0 fully saturated rings. The van der Waals surface area contributed by atoms with Crippen molar-refractivity contribution in [1.82, 2.24) is 19.9 Å². The first-order valence-electron chi connectivity index (χ1n) is 18.9. The minimum Gasteiger partial charge on any atom is -0.347 e. The maximum atomic E-state index is 14.7. The molecule has 2 aromatic heterocycles. The first-order chi connectivity index (χ1) is 29.0. The number of carbonyl (C=O) groups is 2. The topological polar surface area (TPSA) is 148 Å². The molecule has 0 saturated heterocycles. The van der Waals surface area contributed by atoms with Gasteiger partial charge in [0.15, 0.2) is 0 Å². The molecular weight excluding hydrogens is 902 g/mol. The summed E-state index contributed by atoms with van der Waals surface area (Å²) in [6.07, 6.45) is 2.30. The zero-order valence-electron chi connectivity index (χ0n) is 33.6. The van der Waals surface area contributed by atoms with Crippen LogP contribution in [0.15, 0.2) is 72.8 Å². The van der Waals surface area contributed by atoms with Crippen LogP contribution in [0.4, 0.5) is 34.9 Å². The van der Waals surface area contributed by atoms with E-state index >= 15 is 0 Å². The Hall–Kier alpha value is -5.38. The molecule has 2 aliphatic rings. The highest BCUT2D eigenvalue weighted by Crippen LogP contribution is 2.38. The van der Waals surface area contributed by atoms with Crippen LogP contribution in [0.25, 0.3) is 0 Å². The summed E-state index contributed by atoms with van der Waals surface area (Å²) in [5.74, 6) is -2.27. The van der Waals surface area contributed by atoms with Crippen molar-refractivity contribution in [3.05, 3.63) is 168 Å². The zero-order valence-corrected chi connectivity index (χ0v) is 36.7. The average molecular weight is 947 g/mol. The van der Waals surface area contributed by atoms with E-state index < -0.39 is 23.4 Å². The fraction of sp³-hybridized carbons (Fsp3) is 0.244. The van der Waals surface area contributed by atoms with Crippen molar-refractivity contribution in [3.8, 4) is 0 Å². The van der Waals surface area contributed by atoms with Crippen molar-refractivity contribution in [2.24, 2.45) is 5.73 Å². The molecule has 2 aliphatic carbocycles. The van der Waals surface area contributed by atoms with Crippen LogP contribution in [-0.4, -0.2) is 31.8 Å². The van der Waals surface area contributed by atoms with E-state index in [1.54, 1.807) is 0 Å². The number of aromatic nitrogens is 4. The number of rotatable bonds is 6. The van der Waals surface area contributed by atoms with E-state index in [0.717, 1.165) is 22.8 Å². The van der Waals surface area contributed by atoms with E-state index in [2.05, 4.69) is 35.9 Å². The van der Waals surface area contributed by atoms with Gasteiger partial charge in [-0.15, -0.1) is 12.4 Å². The smallest absolute Gasteiger partial charge is 0.255 e. The van der Waals surface area contributed by atoms with Gasteiger partial charge in [-0.2, -0.15) is 0 Å². The van der Waals surface area contributed by atoms with Crippen molar-refractivity contribution >= 4 is 76.3 Å². The summed E-state index contributed by atoms with van der Waals surface area (Å²) < 4.78 is 55.0.